The van der Waals surface area contributed by atoms with Crippen molar-refractivity contribution in [2.45, 2.75) is 26.1 Å². The van der Waals surface area contributed by atoms with Crippen molar-refractivity contribution in [3.05, 3.63) is 28.4 Å². The van der Waals surface area contributed by atoms with Gasteiger partial charge < -0.3 is 0 Å². The van der Waals surface area contributed by atoms with Gasteiger partial charge in [-0.15, -0.1) is 0 Å². The maximum absolute atomic E-state index is 13.0. The molecule has 0 unspecified atom stereocenters. The monoisotopic (exact) mass is 306 g/mol. The first-order valence-electron chi connectivity index (χ1n) is 5.04. The van der Waals surface area contributed by atoms with E-state index in [1.807, 2.05) is 0 Å². The number of hydrogen-bond acceptors (Lipinski definition) is 1. The second-order valence-corrected chi connectivity index (χ2v) is 4.99. The number of benzene rings is 1. The standard InChI is InChI=1S/C11H10BrF3N2/c1-6(2)17-10-7(5-16-17)3-8(12)4-9(10)11(13,14)15/h3-6H,1-2H3. The Hall–Kier alpha value is -1.04. The predicted molar refractivity (Wildman–Crippen MR) is 62.8 cm³/mol. The summed E-state index contributed by atoms with van der Waals surface area (Å²) in [7, 11) is 0. The summed E-state index contributed by atoms with van der Waals surface area (Å²) in [5.74, 6) is 0. The second-order valence-electron chi connectivity index (χ2n) is 4.07. The SMILES string of the molecule is CC(C)n1ncc2cc(Br)cc(C(F)(F)F)c21. The van der Waals surface area contributed by atoms with Gasteiger partial charge in [-0.2, -0.15) is 18.3 Å². The lowest BCUT2D eigenvalue weighted by atomic mass is 10.1. The molecule has 0 aliphatic rings. The van der Waals surface area contributed by atoms with E-state index in [0.29, 0.717) is 9.86 Å². The molecule has 2 nitrogen and oxygen atoms in total. The van der Waals surface area contributed by atoms with Crippen LogP contribution in [0.3, 0.4) is 0 Å². The Kier molecular flexibility index (Phi) is 2.93. The van der Waals surface area contributed by atoms with Gasteiger partial charge in [0.15, 0.2) is 0 Å². The van der Waals surface area contributed by atoms with E-state index in [1.165, 1.54) is 10.9 Å². The van der Waals surface area contributed by atoms with Crippen LogP contribution in [0.25, 0.3) is 10.9 Å². The Labute approximate surface area is 105 Å². The van der Waals surface area contributed by atoms with Gasteiger partial charge in [-0.05, 0) is 26.0 Å². The minimum Gasteiger partial charge on any atom is -0.262 e. The molecule has 0 aliphatic heterocycles. The summed E-state index contributed by atoms with van der Waals surface area (Å²) in [6.45, 7) is 3.60. The van der Waals surface area contributed by atoms with Crippen molar-refractivity contribution in [2.24, 2.45) is 0 Å². The topological polar surface area (TPSA) is 17.8 Å². The maximum Gasteiger partial charge on any atom is 0.418 e. The van der Waals surface area contributed by atoms with Crippen molar-refractivity contribution in [3.8, 4) is 0 Å². The zero-order chi connectivity index (χ0) is 12.8. The molecule has 1 aromatic heterocycles. The molecule has 0 saturated heterocycles. The normalized spacial score (nSPS) is 12.6. The summed E-state index contributed by atoms with van der Waals surface area (Å²) >= 11 is 3.08. The summed E-state index contributed by atoms with van der Waals surface area (Å²) in [5.41, 5.74) is -0.524. The number of halogens is 4. The van der Waals surface area contributed by atoms with Crippen molar-refractivity contribution in [1.82, 2.24) is 9.78 Å². The Morgan fingerprint density at radius 2 is 1.94 bits per heavy atom. The lowest BCUT2D eigenvalue weighted by molar-refractivity contribution is -0.136. The minimum absolute atomic E-state index is 0.116. The van der Waals surface area contributed by atoms with E-state index in [4.69, 9.17) is 0 Å². The van der Waals surface area contributed by atoms with Crippen LogP contribution in [0.15, 0.2) is 22.8 Å². The van der Waals surface area contributed by atoms with Gasteiger partial charge in [-0.25, -0.2) is 0 Å². The number of fused-ring (bicyclic) bond motifs is 1. The fourth-order valence-corrected chi connectivity index (χ4v) is 2.24. The van der Waals surface area contributed by atoms with Gasteiger partial charge in [0.1, 0.15) is 0 Å². The third kappa shape index (κ3) is 2.18. The Balaban J connectivity index is 2.84. The number of aromatic nitrogens is 2. The minimum atomic E-state index is -4.38. The van der Waals surface area contributed by atoms with Gasteiger partial charge in [-0.3, -0.25) is 4.68 Å². The molecule has 0 N–H and O–H groups in total. The van der Waals surface area contributed by atoms with Crippen LogP contribution in [0.4, 0.5) is 13.2 Å². The van der Waals surface area contributed by atoms with Crippen molar-refractivity contribution in [1.29, 1.82) is 0 Å². The van der Waals surface area contributed by atoms with Crippen LogP contribution in [-0.2, 0) is 6.18 Å². The second kappa shape index (κ2) is 4.01. The predicted octanol–water partition coefficient (Wildman–Crippen LogP) is 4.40. The molecular weight excluding hydrogens is 297 g/mol. The van der Waals surface area contributed by atoms with Crippen molar-refractivity contribution in [3.63, 3.8) is 0 Å². The molecule has 1 heterocycles. The fraction of sp³-hybridized carbons (Fsp3) is 0.364. The zero-order valence-corrected chi connectivity index (χ0v) is 10.8. The van der Waals surface area contributed by atoms with Crippen LogP contribution in [0.1, 0.15) is 25.5 Å². The lowest BCUT2D eigenvalue weighted by Gasteiger charge is -2.13. The van der Waals surface area contributed by atoms with Crippen molar-refractivity contribution < 1.29 is 13.2 Å². The first-order valence-corrected chi connectivity index (χ1v) is 5.84. The third-order valence-corrected chi connectivity index (χ3v) is 2.91. The van der Waals surface area contributed by atoms with Gasteiger partial charge in [0, 0.05) is 15.9 Å². The van der Waals surface area contributed by atoms with Crippen molar-refractivity contribution >= 4 is 26.8 Å². The fourth-order valence-electron chi connectivity index (χ4n) is 1.76. The Morgan fingerprint density at radius 3 is 2.47 bits per heavy atom. The molecule has 0 amide bonds. The van der Waals surface area contributed by atoms with Gasteiger partial charge in [0.25, 0.3) is 0 Å². The molecule has 0 bridgehead atoms. The van der Waals surface area contributed by atoms with Gasteiger partial charge in [0.2, 0.25) is 0 Å². The van der Waals surface area contributed by atoms with E-state index in [9.17, 15) is 13.2 Å². The first-order chi connectivity index (χ1) is 7.80. The molecule has 0 fully saturated rings. The first kappa shape index (κ1) is 12.4. The van der Waals surface area contributed by atoms with E-state index >= 15 is 0 Å². The number of nitrogens with zero attached hydrogens (tertiary/aromatic N) is 2. The van der Waals surface area contributed by atoms with Gasteiger partial charge in [0.05, 0.1) is 17.3 Å². The highest BCUT2D eigenvalue weighted by Crippen LogP contribution is 2.37. The molecule has 2 aromatic rings. The highest BCUT2D eigenvalue weighted by molar-refractivity contribution is 9.10. The van der Waals surface area contributed by atoms with E-state index in [-0.39, 0.29) is 11.6 Å². The summed E-state index contributed by atoms with van der Waals surface area (Å²) in [6.07, 6.45) is -2.93. The smallest absolute Gasteiger partial charge is 0.262 e. The number of hydrogen-bond donors (Lipinski definition) is 0. The molecule has 2 rings (SSSR count). The molecule has 0 spiro atoms. The summed E-state index contributed by atoms with van der Waals surface area (Å²) < 4.78 is 40.7. The molecule has 0 atom stereocenters. The molecular formula is C11H10BrF3N2. The Morgan fingerprint density at radius 1 is 1.29 bits per heavy atom. The third-order valence-electron chi connectivity index (χ3n) is 2.45. The zero-order valence-electron chi connectivity index (χ0n) is 9.22. The molecule has 0 aliphatic carbocycles. The maximum atomic E-state index is 13.0. The molecule has 17 heavy (non-hydrogen) atoms. The summed E-state index contributed by atoms with van der Waals surface area (Å²) in [4.78, 5) is 0. The van der Waals surface area contributed by atoms with Crippen molar-refractivity contribution in [2.75, 3.05) is 0 Å². The van der Waals surface area contributed by atoms with Gasteiger partial charge >= 0.3 is 6.18 Å². The summed E-state index contributed by atoms with van der Waals surface area (Å²) in [5, 5.41) is 4.49. The van der Waals surface area contributed by atoms with Crippen LogP contribution in [-0.4, -0.2) is 9.78 Å². The Bertz CT molecular complexity index is 558. The molecule has 6 heteroatoms. The van der Waals surface area contributed by atoms with Crippen LogP contribution >= 0.6 is 15.9 Å². The van der Waals surface area contributed by atoms with E-state index in [2.05, 4.69) is 21.0 Å². The molecule has 0 radical (unpaired) electrons. The van der Waals surface area contributed by atoms with Crippen LogP contribution in [0.5, 0.6) is 0 Å². The average Bonchev–Trinajstić information content (AvgIpc) is 2.57. The largest absolute Gasteiger partial charge is 0.418 e. The highest BCUT2D eigenvalue weighted by Gasteiger charge is 2.34. The van der Waals surface area contributed by atoms with E-state index < -0.39 is 11.7 Å². The average molecular weight is 307 g/mol. The van der Waals surface area contributed by atoms with E-state index in [0.717, 1.165) is 6.07 Å². The van der Waals surface area contributed by atoms with E-state index in [1.54, 1.807) is 19.9 Å². The lowest BCUT2D eigenvalue weighted by Crippen LogP contribution is -2.11. The number of alkyl halides is 3. The molecule has 0 saturated carbocycles. The summed E-state index contributed by atoms with van der Waals surface area (Å²) in [6, 6.07) is 2.61. The molecule has 1 aromatic carbocycles. The van der Waals surface area contributed by atoms with Gasteiger partial charge in [-0.1, -0.05) is 15.9 Å². The number of rotatable bonds is 1. The van der Waals surface area contributed by atoms with Crippen LogP contribution < -0.4 is 0 Å². The highest BCUT2D eigenvalue weighted by atomic mass is 79.9. The molecule has 92 valence electrons. The quantitative estimate of drug-likeness (QED) is 0.763. The van der Waals surface area contributed by atoms with Crippen LogP contribution in [0.2, 0.25) is 0 Å². The van der Waals surface area contributed by atoms with Crippen LogP contribution in [0, 0.1) is 0 Å².